The second-order valence-corrected chi connectivity index (χ2v) is 5.07. The number of nitrogens with one attached hydrogen (secondary N) is 1. The molecule has 6 heteroatoms. The van der Waals surface area contributed by atoms with E-state index in [9.17, 15) is 4.79 Å². The second-order valence-electron chi connectivity index (χ2n) is 4.15. The average molecular weight is 331 g/mol. The van der Waals surface area contributed by atoms with E-state index in [2.05, 4.69) is 21.2 Å². The SMILES string of the molecule is COCCOCC(=O)Nc1cc(Br)ccc1N(C)C. The molecule has 0 fully saturated rings. The minimum absolute atomic E-state index is 0.0166. The summed E-state index contributed by atoms with van der Waals surface area (Å²) in [5, 5.41) is 2.83. The summed E-state index contributed by atoms with van der Waals surface area (Å²) in [6.07, 6.45) is 0. The van der Waals surface area contributed by atoms with Crippen molar-refractivity contribution < 1.29 is 14.3 Å². The summed E-state index contributed by atoms with van der Waals surface area (Å²) >= 11 is 3.39. The van der Waals surface area contributed by atoms with Gasteiger partial charge >= 0.3 is 0 Å². The molecule has 1 amide bonds. The molecule has 0 spiro atoms. The molecular weight excluding hydrogens is 312 g/mol. The molecule has 0 bridgehead atoms. The van der Waals surface area contributed by atoms with E-state index >= 15 is 0 Å². The van der Waals surface area contributed by atoms with Crippen LogP contribution >= 0.6 is 15.9 Å². The number of hydrogen-bond acceptors (Lipinski definition) is 4. The molecule has 0 atom stereocenters. The van der Waals surface area contributed by atoms with Crippen molar-refractivity contribution in [3.8, 4) is 0 Å². The lowest BCUT2D eigenvalue weighted by Gasteiger charge is -2.18. The van der Waals surface area contributed by atoms with E-state index in [1.165, 1.54) is 0 Å². The molecule has 0 saturated heterocycles. The fraction of sp³-hybridized carbons (Fsp3) is 0.462. The molecule has 0 aliphatic heterocycles. The number of nitrogens with zero attached hydrogens (tertiary/aromatic N) is 1. The molecule has 106 valence electrons. The first kappa shape index (κ1) is 15.9. The van der Waals surface area contributed by atoms with Gasteiger partial charge in [0.1, 0.15) is 6.61 Å². The third-order valence-corrected chi connectivity index (χ3v) is 2.87. The number of amides is 1. The number of hydrogen-bond donors (Lipinski definition) is 1. The van der Waals surface area contributed by atoms with Crippen LogP contribution in [0.4, 0.5) is 11.4 Å². The summed E-state index contributed by atoms with van der Waals surface area (Å²) < 4.78 is 10.9. The van der Waals surface area contributed by atoms with Gasteiger partial charge in [-0.15, -0.1) is 0 Å². The van der Waals surface area contributed by atoms with Gasteiger partial charge in [0.2, 0.25) is 5.91 Å². The van der Waals surface area contributed by atoms with Gasteiger partial charge in [0.05, 0.1) is 24.6 Å². The highest BCUT2D eigenvalue weighted by molar-refractivity contribution is 9.10. The Morgan fingerprint density at radius 2 is 2.11 bits per heavy atom. The number of methoxy groups -OCH3 is 1. The van der Waals surface area contributed by atoms with Crippen LogP contribution in [0.5, 0.6) is 0 Å². The number of rotatable bonds is 7. The summed E-state index contributed by atoms with van der Waals surface area (Å²) in [4.78, 5) is 13.7. The molecule has 0 radical (unpaired) electrons. The third-order valence-electron chi connectivity index (χ3n) is 2.38. The van der Waals surface area contributed by atoms with Gasteiger partial charge in [0.15, 0.2) is 0 Å². The van der Waals surface area contributed by atoms with Crippen molar-refractivity contribution in [3.63, 3.8) is 0 Å². The Kier molecular flexibility index (Phi) is 6.83. The molecule has 0 aromatic heterocycles. The van der Waals surface area contributed by atoms with Crippen molar-refractivity contribution in [1.82, 2.24) is 0 Å². The van der Waals surface area contributed by atoms with Crippen LogP contribution in [0.25, 0.3) is 0 Å². The van der Waals surface area contributed by atoms with E-state index in [1.807, 2.05) is 37.2 Å². The van der Waals surface area contributed by atoms with Gasteiger partial charge in [-0.25, -0.2) is 0 Å². The van der Waals surface area contributed by atoms with Gasteiger partial charge in [0.25, 0.3) is 0 Å². The molecule has 1 N–H and O–H groups in total. The zero-order valence-electron chi connectivity index (χ0n) is 11.4. The maximum absolute atomic E-state index is 11.8. The topological polar surface area (TPSA) is 50.8 Å². The highest BCUT2D eigenvalue weighted by Gasteiger charge is 2.09. The van der Waals surface area contributed by atoms with Crippen LogP contribution in [-0.2, 0) is 14.3 Å². The van der Waals surface area contributed by atoms with Crippen LogP contribution in [0.15, 0.2) is 22.7 Å². The Balaban J connectivity index is 2.60. The molecule has 0 unspecified atom stereocenters. The summed E-state index contributed by atoms with van der Waals surface area (Å²) in [7, 11) is 5.44. The Labute approximate surface area is 122 Å². The number of benzene rings is 1. The zero-order valence-corrected chi connectivity index (χ0v) is 13.0. The maximum Gasteiger partial charge on any atom is 0.250 e. The first-order valence-corrected chi connectivity index (χ1v) is 6.67. The van der Waals surface area contributed by atoms with Crippen molar-refractivity contribution in [2.45, 2.75) is 0 Å². The van der Waals surface area contributed by atoms with E-state index in [-0.39, 0.29) is 12.5 Å². The van der Waals surface area contributed by atoms with Gasteiger partial charge in [-0.2, -0.15) is 0 Å². The Morgan fingerprint density at radius 3 is 2.74 bits per heavy atom. The third kappa shape index (κ3) is 5.59. The van der Waals surface area contributed by atoms with Crippen molar-refractivity contribution in [3.05, 3.63) is 22.7 Å². The quantitative estimate of drug-likeness (QED) is 0.778. The van der Waals surface area contributed by atoms with E-state index < -0.39 is 0 Å². The average Bonchev–Trinajstić information content (AvgIpc) is 2.34. The summed E-state index contributed by atoms with van der Waals surface area (Å²) in [5.41, 5.74) is 1.69. The Morgan fingerprint density at radius 1 is 1.37 bits per heavy atom. The van der Waals surface area contributed by atoms with Crippen LogP contribution < -0.4 is 10.2 Å². The molecule has 0 aliphatic rings. The highest BCUT2D eigenvalue weighted by atomic mass is 79.9. The van der Waals surface area contributed by atoms with Gasteiger partial charge in [-0.3, -0.25) is 4.79 Å². The predicted molar refractivity (Wildman–Crippen MR) is 79.8 cm³/mol. The standard InChI is InChI=1S/C13H19BrN2O3/c1-16(2)12-5-4-10(14)8-11(12)15-13(17)9-19-7-6-18-3/h4-5,8H,6-7,9H2,1-3H3,(H,15,17). The Hall–Kier alpha value is -1.11. The lowest BCUT2D eigenvalue weighted by atomic mass is 10.2. The van der Waals surface area contributed by atoms with Crippen molar-refractivity contribution >= 4 is 33.2 Å². The fourth-order valence-electron chi connectivity index (χ4n) is 1.49. The van der Waals surface area contributed by atoms with Crippen LogP contribution in [0.2, 0.25) is 0 Å². The van der Waals surface area contributed by atoms with Crippen molar-refractivity contribution in [2.24, 2.45) is 0 Å². The lowest BCUT2D eigenvalue weighted by Crippen LogP contribution is -2.21. The summed E-state index contributed by atoms with van der Waals surface area (Å²) in [5.74, 6) is -0.183. The van der Waals surface area contributed by atoms with E-state index in [0.29, 0.717) is 13.2 Å². The minimum Gasteiger partial charge on any atom is -0.382 e. The van der Waals surface area contributed by atoms with Gasteiger partial charge < -0.3 is 19.7 Å². The van der Waals surface area contributed by atoms with Gasteiger partial charge in [-0.1, -0.05) is 15.9 Å². The van der Waals surface area contributed by atoms with E-state index in [0.717, 1.165) is 15.8 Å². The monoisotopic (exact) mass is 330 g/mol. The minimum atomic E-state index is -0.183. The predicted octanol–water partition coefficient (Wildman–Crippen LogP) is 2.12. The normalized spacial score (nSPS) is 10.3. The molecule has 1 rings (SSSR count). The fourth-order valence-corrected chi connectivity index (χ4v) is 1.85. The molecule has 19 heavy (non-hydrogen) atoms. The number of halogens is 1. The van der Waals surface area contributed by atoms with Crippen molar-refractivity contribution in [2.75, 3.05) is 51.2 Å². The van der Waals surface area contributed by atoms with Crippen LogP contribution in [-0.4, -0.2) is 46.9 Å². The van der Waals surface area contributed by atoms with Gasteiger partial charge in [0, 0.05) is 25.7 Å². The van der Waals surface area contributed by atoms with Crippen molar-refractivity contribution in [1.29, 1.82) is 0 Å². The first-order valence-electron chi connectivity index (χ1n) is 5.88. The summed E-state index contributed by atoms with van der Waals surface area (Å²) in [6.45, 7) is 0.902. The number of carbonyl (C=O) groups excluding carboxylic acids is 1. The first-order chi connectivity index (χ1) is 9.04. The van der Waals surface area contributed by atoms with Crippen LogP contribution in [0.1, 0.15) is 0 Å². The number of anilines is 2. The lowest BCUT2D eigenvalue weighted by molar-refractivity contribution is -0.121. The number of carbonyl (C=O) groups is 1. The Bertz CT molecular complexity index is 424. The molecule has 0 saturated carbocycles. The molecule has 5 nitrogen and oxygen atoms in total. The summed E-state index contributed by atoms with van der Waals surface area (Å²) in [6, 6.07) is 5.73. The number of ether oxygens (including phenoxy) is 2. The molecule has 0 heterocycles. The largest absolute Gasteiger partial charge is 0.382 e. The molecular formula is C13H19BrN2O3. The molecule has 1 aromatic rings. The van der Waals surface area contributed by atoms with E-state index in [1.54, 1.807) is 7.11 Å². The van der Waals surface area contributed by atoms with Crippen LogP contribution in [0.3, 0.4) is 0 Å². The van der Waals surface area contributed by atoms with Gasteiger partial charge in [-0.05, 0) is 18.2 Å². The zero-order chi connectivity index (χ0) is 14.3. The molecule has 0 aliphatic carbocycles. The van der Waals surface area contributed by atoms with Crippen LogP contribution in [0, 0.1) is 0 Å². The smallest absolute Gasteiger partial charge is 0.250 e. The van der Waals surface area contributed by atoms with E-state index in [4.69, 9.17) is 9.47 Å². The second kappa shape index (κ2) is 8.14. The highest BCUT2D eigenvalue weighted by Crippen LogP contribution is 2.27. The molecule has 1 aromatic carbocycles. The maximum atomic E-state index is 11.8.